The van der Waals surface area contributed by atoms with Crippen molar-refractivity contribution < 1.29 is 18.7 Å². The van der Waals surface area contributed by atoms with Crippen LogP contribution in [0.2, 0.25) is 0 Å². The maximum atomic E-state index is 12.5. The first-order valence-corrected chi connectivity index (χ1v) is 8.10. The minimum absolute atomic E-state index is 0.313. The smallest absolute Gasteiger partial charge is 0.340 e. The molecule has 0 aliphatic rings. The van der Waals surface area contributed by atoms with Crippen LogP contribution in [-0.4, -0.2) is 23.8 Å². The maximum absolute atomic E-state index is 12.5. The zero-order valence-corrected chi connectivity index (χ0v) is 14.2. The Morgan fingerprint density at radius 1 is 1.21 bits per heavy atom. The molecule has 126 valence electrons. The normalized spacial score (nSPS) is 11.0. The molecule has 0 aliphatic heterocycles. The van der Waals surface area contributed by atoms with Crippen LogP contribution in [0.5, 0.6) is 5.75 Å². The maximum Gasteiger partial charge on any atom is 0.340 e. The Kier molecular flexibility index (Phi) is 4.60. The van der Waals surface area contributed by atoms with Crippen LogP contribution in [0.15, 0.2) is 41.0 Å². The number of nitrogens with zero attached hydrogens (tertiary/aromatic N) is 1. The van der Waals surface area contributed by atoms with E-state index in [2.05, 4.69) is 4.57 Å². The van der Waals surface area contributed by atoms with Crippen molar-refractivity contribution in [2.24, 2.45) is 0 Å². The Labute approximate surface area is 140 Å². The number of furan rings is 1. The predicted molar refractivity (Wildman–Crippen MR) is 91.6 cm³/mol. The lowest BCUT2D eigenvalue weighted by molar-refractivity contribution is 0.0527. The molecule has 0 spiro atoms. The minimum Gasteiger partial charge on any atom is -0.494 e. The van der Waals surface area contributed by atoms with Crippen LogP contribution in [0.1, 0.15) is 35.7 Å². The Hall–Kier alpha value is -2.69. The predicted octanol–water partition coefficient (Wildman–Crippen LogP) is 4.17. The number of hydrogen-bond acceptors (Lipinski definition) is 4. The topological polar surface area (TPSA) is 53.6 Å². The van der Waals surface area contributed by atoms with Crippen LogP contribution in [0.3, 0.4) is 0 Å². The van der Waals surface area contributed by atoms with E-state index >= 15 is 0 Å². The quantitative estimate of drug-likeness (QED) is 0.638. The van der Waals surface area contributed by atoms with Crippen molar-refractivity contribution in [2.75, 3.05) is 13.2 Å². The molecule has 0 aliphatic carbocycles. The molecule has 24 heavy (non-hydrogen) atoms. The Bertz CT molecular complexity index is 846. The molecular weight excluding hydrogens is 306 g/mol. The van der Waals surface area contributed by atoms with Gasteiger partial charge in [0.2, 0.25) is 0 Å². The fraction of sp³-hybridized carbons (Fsp3) is 0.316. The molecule has 2 aromatic heterocycles. The number of benzene rings is 1. The van der Waals surface area contributed by atoms with Crippen molar-refractivity contribution in [1.82, 2.24) is 4.57 Å². The average Bonchev–Trinajstić information content (AvgIpc) is 3.15. The lowest BCUT2D eigenvalue weighted by atomic mass is 10.1. The van der Waals surface area contributed by atoms with Gasteiger partial charge in [-0.2, -0.15) is 0 Å². The molecule has 0 atom stereocenters. The van der Waals surface area contributed by atoms with Crippen LogP contribution in [0.25, 0.3) is 10.9 Å². The summed E-state index contributed by atoms with van der Waals surface area (Å²) in [5.41, 5.74) is 2.39. The van der Waals surface area contributed by atoms with E-state index in [1.807, 2.05) is 44.2 Å². The lowest BCUT2D eigenvalue weighted by Crippen LogP contribution is -2.08. The van der Waals surface area contributed by atoms with E-state index in [4.69, 9.17) is 13.9 Å². The van der Waals surface area contributed by atoms with E-state index in [9.17, 15) is 4.79 Å². The summed E-state index contributed by atoms with van der Waals surface area (Å²) < 4.78 is 18.4. The van der Waals surface area contributed by atoms with Crippen molar-refractivity contribution in [3.8, 4) is 5.75 Å². The van der Waals surface area contributed by atoms with Crippen LogP contribution < -0.4 is 4.74 Å². The van der Waals surface area contributed by atoms with Gasteiger partial charge >= 0.3 is 5.97 Å². The largest absolute Gasteiger partial charge is 0.494 e. The molecule has 0 fully saturated rings. The highest BCUT2D eigenvalue weighted by molar-refractivity contribution is 6.06. The fourth-order valence-electron chi connectivity index (χ4n) is 2.94. The van der Waals surface area contributed by atoms with Crippen molar-refractivity contribution in [3.63, 3.8) is 0 Å². The third-order valence-corrected chi connectivity index (χ3v) is 3.98. The third kappa shape index (κ3) is 2.89. The van der Waals surface area contributed by atoms with Gasteiger partial charge in [-0.25, -0.2) is 4.79 Å². The van der Waals surface area contributed by atoms with Crippen LogP contribution >= 0.6 is 0 Å². The highest BCUT2D eigenvalue weighted by Crippen LogP contribution is 2.31. The van der Waals surface area contributed by atoms with Gasteiger partial charge in [-0.15, -0.1) is 0 Å². The molecule has 0 bridgehead atoms. The fourth-order valence-corrected chi connectivity index (χ4v) is 2.94. The summed E-state index contributed by atoms with van der Waals surface area (Å²) in [7, 11) is 0. The van der Waals surface area contributed by atoms with E-state index in [0.717, 1.165) is 28.1 Å². The zero-order chi connectivity index (χ0) is 17.1. The first-order valence-electron chi connectivity index (χ1n) is 8.10. The summed E-state index contributed by atoms with van der Waals surface area (Å²) in [6, 6.07) is 9.56. The summed E-state index contributed by atoms with van der Waals surface area (Å²) in [5.74, 6) is 1.26. The summed E-state index contributed by atoms with van der Waals surface area (Å²) >= 11 is 0. The molecule has 0 N–H and O–H groups in total. The first kappa shape index (κ1) is 16.2. The van der Waals surface area contributed by atoms with E-state index in [1.165, 1.54) is 0 Å². The summed E-state index contributed by atoms with van der Waals surface area (Å²) in [4.78, 5) is 12.5. The molecule has 1 aromatic carbocycles. The van der Waals surface area contributed by atoms with Gasteiger partial charge in [0.05, 0.1) is 31.6 Å². The number of carbonyl (C=O) groups excluding carboxylic acids is 1. The number of esters is 1. The average molecular weight is 327 g/mol. The zero-order valence-electron chi connectivity index (χ0n) is 14.2. The van der Waals surface area contributed by atoms with Crippen LogP contribution in [0.4, 0.5) is 0 Å². The highest BCUT2D eigenvalue weighted by atomic mass is 16.5. The highest BCUT2D eigenvalue weighted by Gasteiger charge is 2.22. The van der Waals surface area contributed by atoms with Gasteiger partial charge in [0.15, 0.2) is 0 Å². The number of rotatable bonds is 6. The molecule has 0 saturated carbocycles. The lowest BCUT2D eigenvalue weighted by Gasteiger charge is -2.07. The summed E-state index contributed by atoms with van der Waals surface area (Å²) in [6.45, 7) is 7.14. The number of carbonyl (C=O) groups is 1. The van der Waals surface area contributed by atoms with Gasteiger partial charge in [0.1, 0.15) is 11.5 Å². The molecule has 0 saturated heterocycles. The number of fused-ring (bicyclic) bond motifs is 1. The molecule has 0 amide bonds. The van der Waals surface area contributed by atoms with E-state index in [1.54, 1.807) is 13.2 Å². The molecule has 0 unspecified atom stereocenters. The standard InChI is InChI=1S/C19H21NO4/c1-4-22-14-8-9-17-16(11-14)18(19(21)23-5-2)13(3)20(17)12-15-7-6-10-24-15/h6-11H,4-5,12H2,1-3H3. The number of aromatic nitrogens is 1. The molecule has 0 radical (unpaired) electrons. The van der Waals surface area contributed by atoms with Gasteiger partial charge in [-0.3, -0.25) is 0 Å². The van der Waals surface area contributed by atoms with Gasteiger partial charge in [0, 0.05) is 16.6 Å². The first-order chi connectivity index (χ1) is 11.7. The Morgan fingerprint density at radius 3 is 2.71 bits per heavy atom. The summed E-state index contributed by atoms with van der Waals surface area (Å²) in [5, 5.41) is 0.837. The molecule has 3 aromatic rings. The van der Waals surface area contributed by atoms with Crippen molar-refractivity contribution in [1.29, 1.82) is 0 Å². The molecule has 5 nitrogen and oxygen atoms in total. The third-order valence-electron chi connectivity index (χ3n) is 3.98. The van der Waals surface area contributed by atoms with Gasteiger partial charge in [-0.1, -0.05) is 0 Å². The van der Waals surface area contributed by atoms with Crippen LogP contribution in [-0.2, 0) is 11.3 Å². The second kappa shape index (κ2) is 6.83. The van der Waals surface area contributed by atoms with Crippen LogP contribution in [0, 0.1) is 6.92 Å². The van der Waals surface area contributed by atoms with Crippen molar-refractivity contribution >= 4 is 16.9 Å². The van der Waals surface area contributed by atoms with E-state index in [0.29, 0.717) is 25.3 Å². The SMILES string of the molecule is CCOC(=O)c1c(C)n(Cc2ccco2)c2ccc(OCC)cc12. The molecule has 3 rings (SSSR count). The minimum atomic E-state index is -0.313. The van der Waals surface area contributed by atoms with Gasteiger partial charge in [0.25, 0.3) is 0 Å². The van der Waals surface area contributed by atoms with Gasteiger partial charge < -0.3 is 18.5 Å². The summed E-state index contributed by atoms with van der Waals surface area (Å²) in [6.07, 6.45) is 1.65. The van der Waals surface area contributed by atoms with E-state index in [-0.39, 0.29) is 5.97 Å². The second-order valence-corrected chi connectivity index (χ2v) is 5.46. The van der Waals surface area contributed by atoms with E-state index < -0.39 is 0 Å². The van der Waals surface area contributed by atoms with Crippen molar-refractivity contribution in [3.05, 3.63) is 53.6 Å². The Morgan fingerprint density at radius 2 is 2.04 bits per heavy atom. The Balaban J connectivity index is 2.16. The second-order valence-electron chi connectivity index (χ2n) is 5.46. The van der Waals surface area contributed by atoms with Gasteiger partial charge in [-0.05, 0) is 51.1 Å². The monoisotopic (exact) mass is 327 g/mol. The molecular formula is C19H21NO4. The molecule has 5 heteroatoms. The number of hydrogen-bond donors (Lipinski definition) is 0. The number of ether oxygens (including phenoxy) is 2. The molecule has 2 heterocycles. The van der Waals surface area contributed by atoms with Crippen molar-refractivity contribution in [2.45, 2.75) is 27.3 Å².